The topological polar surface area (TPSA) is 91.9 Å². The Kier molecular flexibility index (Phi) is 3.01. The summed E-state index contributed by atoms with van der Waals surface area (Å²) >= 11 is 0.940. The van der Waals surface area contributed by atoms with Gasteiger partial charge in [-0.3, -0.25) is 9.20 Å². The molecule has 0 unspecified atom stereocenters. The van der Waals surface area contributed by atoms with Crippen LogP contribution in [0.4, 0.5) is 0 Å². The molecule has 7 heteroatoms. The number of imidazole rings is 1. The van der Waals surface area contributed by atoms with E-state index >= 15 is 0 Å². The van der Waals surface area contributed by atoms with Crippen molar-refractivity contribution in [2.24, 2.45) is 0 Å². The molecule has 2 aromatic heterocycles. The Balaban J connectivity index is 2.51. The molecule has 2 heterocycles. The monoisotopic (exact) mass is 252 g/mol. The van der Waals surface area contributed by atoms with Gasteiger partial charge in [0.2, 0.25) is 0 Å². The highest BCUT2D eigenvalue weighted by molar-refractivity contribution is 8.00. The van der Waals surface area contributed by atoms with Crippen LogP contribution in [0, 0.1) is 0 Å². The predicted octanol–water partition coefficient (Wildman–Crippen LogP) is 1.21. The number of aliphatic carboxylic acids is 1. The van der Waals surface area contributed by atoms with Crippen LogP contribution in [0.15, 0.2) is 29.4 Å². The van der Waals surface area contributed by atoms with E-state index < -0.39 is 11.9 Å². The maximum absolute atomic E-state index is 11.0. The first-order valence-electron chi connectivity index (χ1n) is 4.64. The molecule has 0 amide bonds. The standard InChI is InChI=1S/C10H8N2O4S/c13-7(14)5-17-9-8(10(15)16)11-6-3-1-2-4-12(6)9/h1-4H,5H2,(H,13,14)(H,15,16). The van der Waals surface area contributed by atoms with Gasteiger partial charge in [0.1, 0.15) is 10.7 Å². The lowest BCUT2D eigenvalue weighted by molar-refractivity contribution is -0.133. The van der Waals surface area contributed by atoms with Crippen molar-refractivity contribution in [1.82, 2.24) is 9.38 Å². The van der Waals surface area contributed by atoms with Gasteiger partial charge < -0.3 is 10.2 Å². The third-order valence-corrected chi connectivity index (χ3v) is 3.08. The molecule has 0 aliphatic heterocycles. The number of pyridine rings is 1. The van der Waals surface area contributed by atoms with Crippen molar-refractivity contribution in [1.29, 1.82) is 0 Å². The van der Waals surface area contributed by atoms with Crippen LogP contribution >= 0.6 is 11.8 Å². The molecule has 17 heavy (non-hydrogen) atoms. The third-order valence-electron chi connectivity index (χ3n) is 2.02. The van der Waals surface area contributed by atoms with E-state index in [0.29, 0.717) is 10.7 Å². The largest absolute Gasteiger partial charge is 0.481 e. The first-order valence-corrected chi connectivity index (χ1v) is 5.63. The Hall–Kier alpha value is -2.02. The minimum absolute atomic E-state index is 0.123. The Morgan fingerprint density at radius 3 is 2.76 bits per heavy atom. The summed E-state index contributed by atoms with van der Waals surface area (Å²) in [7, 11) is 0. The minimum Gasteiger partial charge on any atom is -0.481 e. The van der Waals surface area contributed by atoms with Crippen LogP contribution in [-0.4, -0.2) is 37.3 Å². The minimum atomic E-state index is -1.17. The van der Waals surface area contributed by atoms with Crippen molar-refractivity contribution >= 4 is 29.3 Å². The molecule has 88 valence electrons. The van der Waals surface area contributed by atoms with E-state index in [1.54, 1.807) is 28.8 Å². The zero-order valence-electron chi connectivity index (χ0n) is 8.53. The summed E-state index contributed by atoms with van der Waals surface area (Å²) in [6, 6.07) is 5.13. The Bertz CT molecular complexity index is 593. The van der Waals surface area contributed by atoms with E-state index in [0.717, 1.165) is 11.8 Å². The molecule has 0 saturated heterocycles. The molecule has 0 aromatic carbocycles. The summed E-state index contributed by atoms with van der Waals surface area (Å²) in [6.07, 6.45) is 1.65. The molecule has 2 aromatic rings. The smallest absolute Gasteiger partial charge is 0.357 e. The maximum Gasteiger partial charge on any atom is 0.357 e. The number of thioether (sulfide) groups is 1. The molecule has 2 N–H and O–H groups in total. The van der Waals surface area contributed by atoms with E-state index in [1.165, 1.54) is 0 Å². The molecule has 0 saturated carbocycles. The van der Waals surface area contributed by atoms with Gasteiger partial charge in [0.15, 0.2) is 5.69 Å². The van der Waals surface area contributed by atoms with E-state index in [2.05, 4.69) is 4.98 Å². The number of hydrogen-bond acceptors (Lipinski definition) is 4. The highest BCUT2D eigenvalue weighted by Gasteiger charge is 2.18. The number of carboxylic acid groups (broad SMARTS) is 2. The average molecular weight is 252 g/mol. The predicted molar refractivity (Wildman–Crippen MR) is 60.5 cm³/mol. The SMILES string of the molecule is O=C(O)CSc1c(C(=O)O)nc2ccccn12. The summed E-state index contributed by atoms with van der Waals surface area (Å²) in [6.45, 7) is 0. The Labute approximate surface area is 99.9 Å². The van der Waals surface area contributed by atoms with E-state index in [4.69, 9.17) is 10.2 Å². The quantitative estimate of drug-likeness (QED) is 0.794. The summed E-state index contributed by atoms with van der Waals surface area (Å²) < 4.78 is 1.57. The van der Waals surface area contributed by atoms with Gasteiger partial charge in [0.25, 0.3) is 0 Å². The zero-order valence-corrected chi connectivity index (χ0v) is 9.35. The molecular weight excluding hydrogens is 244 g/mol. The van der Waals surface area contributed by atoms with Crippen LogP contribution in [0.25, 0.3) is 5.65 Å². The van der Waals surface area contributed by atoms with E-state index in [1.807, 2.05) is 0 Å². The van der Waals surface area contributed by atoms with Gasteiger partial charge in [-0.05, 0) is 12.1 Å². The van der Waals surface area contributed by atoms with Crippen molar-refractivity contribution in [3.63, 3.8) is 0 Å². The van der Waals surface area contributed by atoms with E-state index in [-0.39, 0.29) is 11.4 Å². The Morgan fingerprint density at radius 2 is 2.12 bits per heavy atom. The van der Waals surface area contributed by atoms with Gasteiger partial charge in [0.05, 0.1) is 5.75 Å². The van der Waals surface area contributed by atoms with Gasteiger partial charge in [-0.1, -0.05) is 17.8 Å². The second-order valence-electron chi connectivity index (χ2n) is 3.18. The number of nitrogens with zero attached hydrogens (tertiary/aromatic N) is 2. The summed E-state index contributed by atoms with van der Waals surface area (Å²) in [5, 5.41) is 17.9. The average Bonchev–Trinajstić information content (AvgIpc) is 2.65. The molecule has 0 fully saturated rings. The van der Waals surface area contributed by atoms with Crippen LogP contribution in [-0.2, 0) is 4.79 Å². The van der Waals surface area contributed by atoms with Crippen LogP contribution in [0.2, 0.25) is 0 Å². The second-order valence-corrected chi connectivity index (χ2v) is 4.15. The first kappa shape index (κ1) is 11.5. The fourth-order valence-corrected chi connectivity index (χ4v) is 2.20. The van der Waals surface area contributed by atoms with Crippen molar-refractivity contribution in [2.45, 2.75) is 5.03 Å². The number of carboxylic acids is 2. The number of carbonyl (C=O) groups is 2. The number of aromatic nitrogens is 2. The Morgan fingerprint density at radius 1 is 1.35 bits per heavy atom. The summed E-state index contributed by atoms with van der Waals surface area (Å²) in [5.41, 5.74) is 0.361. The summed E-state index contributed by atoms with van der Waals surface area (Å²) in [5.74, 6) is -2.37. The normalized spacial score (nSPS) is 10.6. The molecule has 0 bridgehead atoms. The maximum atomic E-state index is 11.0. The van der Waals surface area contributed by atoms with Crippen LogP contribution in [0.5, 0.6) is 0 Å². The molecule has 0 radical (unpaired) electrons. The molecular formula is C10H8N2O4S. The third kappa shape index (κ3) is 2.23. The fraction of sp³-hybridized carbons (Fsp3) is 0.100. The number of hydrogen-bond donors (Lipinski definition) is 2. The van der Waals surface area contributed by atoms with Crippen molar-refractivity contribution in [2.75, 3.05) is 5.75 Å². The van der Waals surface area contributed by atoms with Crippen molar-refractivity contribution in [3.8, 4) is 0 Å². The first-order chi connectivity index (χ1) is 8.09. The van der Waals surface area contributed by atoms with Gasteiger partial charge >= 0.3 is 11.9 Å². The molecule has 0 aliphatic carbocycles. The molecule has 2 rings (SSSR count). The lowest BCUT2D eigenvalue weighted by atomic mass is 10.5. The molecule has 0 spiro atoms. The molecule has 0 aliphatic rings. The van der Waals surface area contributed by atoms with Crippen LogP contribution < -0.4 is 0 Å². The zero-order chi connectivity index (χ0) is 12.4. The lowest BCUT2D eigenvalue weighted by Gasteiger charge is -1.99. The number of rotatable bonds is 4. The van der Waals surface area contributed by atoms with Gasteiger partial charge in [0, 0.05) is 6.20 Å². The fourth-order valence-electron chi connectivity index (χ4n) is 1.38. The summed E-state index contributed by atoms with van der Waals surface area (Å²) in [4.78, 5) is 25.5. The molecule has 6 nitrogen and oxygen atoms in total. The highest BCUT2D eigenvalue weighted by atomic mass is 32.2. The van der Waals surface area contributed by atoms with Gasteiger partial charge in [-0.15, -0.1) is 0 Å². The van der Waals surface area contributed by atoms with Gasteiger partial charge in [-0.2, -0.15) is 0 Å². The van der Waals surface area contributed by atoms with Gasteiger partial charge in [-0.25, -0.2) is 9.78 Å². The highest BCUT2D eigenvalue weighted by Crippen LogP contribution is 2.24. The second kappa shape index (κ2) is 4.46. The van der Waals surface area contributed by atoms with Crippen LogP contribution in [0.1, 0.15) is 10.5 Å². The van der Waals surface area contributed by atoms with Crippen molar-refractivity contribution in [3.05, 3.63) is 30.1 Å². The van der Waals surface area contributed by atoms with Crippen LogP contribution in [0.3, 0.4) is 0 Å². The lowest BCUT2D eigenvalue weighted by Crippen LogP contribution is -2.03. The van der Waals surface area contributed by atoms with Crippen molar-refractivity contribution < 1.29 is 19.8 Å². The number of fused-ring (bicyclic) bond motifs is 1. The van der Waals surface area contributed by atoms with E-state index in [9.17, 15) is 9.59 Å². The number of aromatic carboxylic acids is 1. The molecule has 0 atom stereocenters.